The molecule has 6 heteroatoms. The summed E-state index contributed by atoms with van der Waals surface area (Å²) >= 11 is 0. The third kappa shape index (κ3) is 4.44. The van der Waals surface area contributed by atoms with Crippen molar-refractivity contribution in [3.05, 3.63) is 48.2 Å². The first-order valence-electron chi connectivity index (χ1n) is 10.1. The number of carbonyl (C=O) groups excluding carboxylic acids is 1. The van der Waals surface area contributed by atoms with E-state index in [2.05, 4.69) is 57.4 Å². The van der Waals surface area contributed by atoms with Gasteiger partial charge < -0.3 is 19.9 Å². The summed E-state index contributed by atoms with van der Waals surface area (Å²) in [5.74, 6) is 0.707. The molecule has 0 atom stereocenters. The maximum absolute atomic E-state index is 12.3. The van der Waals surface area contributed by atoms with Gasteiger partial charge in [0, 0.05) is 51.0 Å². The highest BCUT2D eigenvalue weighted by atomic mass is 16.5. The van der Waals surface area contributed by atoms with E-state index in [1.807, 2.05) is 12.3 Å². The van der Waals surface area contributed by atoms with Crippen molar-refractivity contribution in [2.75, 3.05) is 54.5 Å². The molecule has 6 nitrogen and oxygen atoms in total. The fourth-order valence-corrected chi connectivity index (χ4v) is 3.88. The van der Waals surface area contributed by atoms with Gasteiger partial charge in [-0.2, -0.15) is 0 Å². The molecule has 1 amide bonds. The Morgan fingerprint density at radius 1 is 1.04 bits per heavy atom. The molecule has 2 fully saturated rings. The Labute approximate surface area is 166 Å². The summed E-state index contributed by atoms with van der Waals surface area (Å²) in [6.45, 7) is 7.37. The van der Waals surface area contributed by atoms with E-state index >= 15 is 0 Å². The number of aromatic nitrogens is 1. The molecule has 28 heavy (non-hydrogen) atoms. The summed E-state index contributed by atoms with van der Waals surface area (Å²) < 4.78 is 5.32. The number of carbonyl (C=O) groups is 1. The molecule has 1 aromatic heterocycles. The van der Waals surface area contributed by atoms with Crippen molar-refractivity contribution in [1.82, 2.24) is 4.98 Å². The van der Waals surface area contributed by atoms with Crippen LogP contribution in [0, 0.1) is 12.8 Å². The van der Waals surface area contributed by atoms with Crippen LogP contribution in [0.15, 0.2) is 42.6 Å². The predicted molar refractivity (Wildman–Crippen MR) is 112 cm³/mol. The van der Waals surface area contributed by atoms with Gasteiger partial charge in [-0.05, 0) is 49.6 Å². The number of hydrogen-bond donors (Lipinski definition) is 1. The summed E-state index contributed by atoms with van der Waals surface area (Å²) in [6.07, 6.45) is 3.44. The standard InChI is InChI=1S/C22H28N4O2/c1-17-3-2-4-19(15-17)25-9-11-26(12-10-25)20-5-6-21(23-16-20)24-22(27)18-7-13-28-14-8-18/h2-6,15-16,18H,7-14H2,1H3,(H,23,24,27). The zero-order valence-corrected chi connectivity index (χ0v) is 16.4. The third-order valence-corrected chi connectivity index (χ3v) is 5.60. The number of nitrogens with one attached hydrogen (secondary N) is 1. The molecular formula is C22H28N4O2. The minimum absolute atomic E-state index is 0.0323. The molecule has 2 aromatic rings. The number of nitrogens with zero attached hydrogens (tertiary/aromatic N) is 3. The Bertz CT molecular complexity index is 794. The predicted octanol–water partition coefficient (Wildman–Crippen LogP) is 3.08. The van der Waals surface area contributed by atoms with Crippen molar-refractivity contribution in [3.63, 3.8) is 0 Å². The zero-order chi connectivity index (χ0) is 19.3. The third-order valence-electron chi connectivity index (χ3n) is 5.60. The van der Waals surface area contributed by atoms with Gasteiger partial charge in [0.15, 0.2) is 0 Å². The van der Waals surface area contributed by atoms with E-state index in [0.29, 0.717) is 19.0 Å². The van der Waals surface area contributed by atoms with Crippen molar-refractivity contribution in [2.45, 2.75) is 19.8 Å². The SMILES string of the molecule is Cc1cccc(N2CCN(c3ccc(NC(=O)C4CCOCC4)nc3)CC2)c1. The van der Waals surface area contributed by atoms with E-state index in [9.17, 15) is 4.79 Å². The van der Waals surface area contributed by atoms with Gasteiger partial charge >= 0.3 is 0 Å². The second kappa shape index (κ2) is 8.61. The maximum Gasteiger partial charge on any atom is 0.228 e. The number of aryl methyl sites for hydroxylation is 1. The molecule has 2 aliphatic heterocycles. The average molecular weight is 380 g/mol. The molecule has 2 aliphatic rings. The van der Waals surface area contributed by atoms with Gasteiger partial charge in [-0.3, -0.25) is 4.79 Å². The van der Waals surface area contributed by atoms with E-state index in [-0.39, 0.29) is 11.8 Å². The summed E-state index contributed by atoms with van der Waals surface area (Å²) in [5.41, 5.74) is 3.69. The van der Waals surface area contributed by atoms with Crippen molar-refractivity contribution in [3.8, 4) is 0 Å². The largest absolute Gasteiger partial charge is 0.381 e. The minimum atomic E-state index is 0.0323. The highest BCUT2D eigenvalue weighted by Crippen LogP contribution is 2.22. The van der Waals surface area contributed by atoms with Crippen LogP contribution in [0.4, 0.5) is 17.2 Å². The van der Waals surface area contributed by atoms with Gasteiger partial charge in [-0.1, -0.05) is 12.1 Å². The van der Waals surface area contributed by atoms with Crippen LogP contribution < -0.4 is 15.1 Å². The Hall–Kier alpha value is -2.60. The van der Waals surface area contributed by atoms with Crippen molar-refractivity contribution >= 4 is 23.1 Å². The number of ether oxygens (including phenoxy) is 1. The van der Waals surface area contributed by atoms with Crippen LogP contribution in [0.5, 0.6) is 0 Å². The molecule has 148 valence electrons. The monoisotopic (exact) mass is 380 g/mol. The highest BCUT2D eigenvalue weighted by Gasteiger charge is 2.22. The van der Waals surface area contributed by atoms with Gasteiger partial charge in [0.05, 0.1) is 11.9 Å². The van der Waals surface area contributed by atoms with E-state index < -0.39 is 0 Å². The Balaban J connectivity index is 1.31. The number of amides is 1. The zero-order valence-electron chi connectivity index (χ0n) is 16.4. The second-order valence-electron chi connectivity index (χ2n) is 7.59. The Kier molecular flexibility index (Phi) is 5.76. The van der Waals surface area contributed by atoms with Crippen LogP contribution in [-0.2, 0) is 9.53 Å². The van der Waals surface area contributed by atoms with Gasteiger partial charge in [-0.15, -0.1) is 0 Å². The van der Waals surface area contributed by atoms with Crippen LogP contribution in [0.3, 0.4) is 0 Å². The van der Waals surface area contributed by atoms with Crippen molar-refractivity contribution in [1.29, 1.82) is 0 Å². The van der Waals surface area contributed by atoms with E-state index in [1.54, 1.807) is 0 Å². The van der Waals surface area contributed by atoms with Crippen molar-refractivity contribution < 1.29 is 9.53 Å². The molecule has 1 aromatic carbocycles. The lowest BCUT2D eigenvalue weighted by Gasteiger charge is -2.37. The number of rotatable bonds is 4. The Morgan fingerprint density at radius 2 is 1.75 bits per heavy atom. The Morgan fingerprint density at radius 3 is 2.39 bits per heavy atom. The molecule has 1 N–H and O–H groups in total. The smallest absolute Gasteiger partial charge is 0.228 e. The van der Waals surface area contributed by atoms with Crippen LogP contribution in [-0.4, -0.2) is 50.3 Å². The van der Waals surface area contributed by atoms with E-state index in [0.717, 1.165) is 44.7 Å². The first kappa shape index (κ1) is 18.7. The quantitative estimate of drug-likeness (QED) is 0.883. The lowest BCUT2D eigenvalue weighted by Crippen LogP contribution is -2.46. The average Bonchev–Trinajstić information content (AvgIpc) is 2.75. The molecular weight excluding hydrogens is 352 g/mol. The molecule has 3 heterocycles. The summed E-state index contributed by atoms with van der Waals surface area (Å²) in [7, 11) is 0. The molecule has 0 unspecified atom stereocenters. The van der Waals surface area contributed by atoms with Gasteiger partial charge in [0.25, 0.3) is 0 Å². The van der Waals surface area contributed by atoms with E-state index in [1.165, 1.54) is 11.3 Å². The summed E-state index contributed by atoms with van der Waals surface area (Å²) in [6, 6.07) is 12.6. The minimum Gasteiger partial charge on any atom is -0.381 e. The number of anilines is 3. The lowest BCUT2D eigenvalue weighted by molar-refractivity contribution is -0.122. The fraction of sp³-hybridized carbons (Fsp3) is 0.455. The van der Waals surface area contributed by atoms with Crippen molar-refractivity contribution in [2.24, 2.45) is 5.92 Å². The number of benzene rings is 1. The molecule has 0 spiro atoms. The normalized spacial score (nSPS) is 18.2. The van der Waals surface area contributed by atoms with Crippen LogP contribution in [0.25, 0.3) is 0 Å². The molecule has 0 radical (unpaired) electrons. The first-order chi connectivity index (χ1) is 13.7. The van der Waals surface area contributed by atoms with Crippen LogP contribution >= 0.6 is 0 Å². The number of hydrogen-bond acceptors (Lipinski definition) is 5. The van der Waals surface area contributed by atoms with Gasteiger partial charge in [-0.25, -0.2) is 4.98 Å². The molecule has 0 aliphatic carbocycles. The number of pyridine rings is 1. The number of piperazine rings is 1. The van der Waals surface area contributed by atoms with Gasteiger partial charge in [0.1, 0.15) is 5.82 Å². The molecule has 0 bridgehead atoms. The highest BCUT2D eigenvalue weighted by molar-refractivity contribution is 5.91. The maximum atomic E-state index is 12.3. The fourth-order valence-electron chi connectivity index (χ4n) is 3.88. The van der Waals surface area contributed by atoms with Crippen LogP contribution in [0.1, 0.15) is 18.4 Å². The summed E-state index contributed by atoms with van der Waals surface area (Å²) in [5, 5.41) is 2.94. The lowest BCUT2D eigenvalue weighted by atomic mass is 9.99. The topological polar surface area (TPSA) is 57.7 Å². The molecule has 0 saturated carbocycles. The second-order valence-corrected chi connectivity index (χ2v) is 7.59. The first-order valence-corrected chi connectivity index (χ1v) is 10.1. The van der Waals surface area contributed by atoms with E-state index in [4.69, 9.17) is 4.74 Å². The molecule has 2 saturated heterocycles. The van der Waals surface area contributed by atoms with Crippen LogP contribution in [0.2, 0.25) is 0 Å². The van der Waals surface area contributed by atoms with Gasteiger partial charge in [0.2, 0.25) is 5.91 Å². The molecule has 4 rings (SSSR count). The summed E-state index contributed by atoms with van der Waals surface area (Å²) in [4.78, 5) is 21.6.